The van der Waals surface area contributed by atoms with E-state index in [0.717, 1.165) is 60.9 Å². The van der Waals surface area contributed by atoms with Crippen LogP contribution in [0.5, 0.6) is 0 Å². The molecule has 262 valence electrons. The smallest absolute Gasteiger partial charge is 0.162 e. The highest BCUT2D eigenvalue weighted by Gasteiger charge is 2.28. The van der Waals surface area contributed by atoms with Gasteiger partial charge in [-0.15, -0.1) is 0 Å². The van der Waals surface area contributed by atoms with Crippen LogP contribution in [0.1, 0.15) is 16.7 Å². The Morgan fingerprint density at radius 1 is 0.518 bits per heavy atom. The van der Waals surface area contributed by atoms with Crippen molar-refractivity contribution in [1.29, 1.82) is 5.41 Å². The molecule has 5 heteroatoms. The number of aliphatic imine (C=N–C) groups is 2. The summed E-state index contributed by atoms with van der Waals surface area (Å²) in [6, 6.07) is 62.9. The molecule has 56 heavy (non-hydrogen) atoms. The Bertz CT molecular complexity index is 3280. The summed E-state index contributed by atoms with van der Waals surface area (Å²) in [6.45, 7) is 0. The van der Waals surface area contributed by atoms with Gasteiger partial charge in [0.05, 0.1) is 17.1 Å². The fourth-order valence-corrected chi connectivity index (χ4v) is 8.36. The van der Waals surface area contributed by atoms with Crippen LogP contribution in [0.3, 0.4) is 0 Å². The number of nitrogens with one attached hydrogen (secondary N) is 1. The second-order valence-electron chi connectivity index (χ2n) is 14.1. The Hall–Kier alpha value is -7.63. The van der Waals surface area contributed by atoms with Gasteiger partial charge in [0.15, 0.2) is 11.7 Å². The van der Waals surface area contributed by atoms with Gasteiger partial charge in [-0.1, -0.05) is 146 Å². The largest absolute Gasteiger partial charge is 0.455 e. The van der Waals surface area contributed by atoms with Crippen LogP contribution in [0.15, 0.2) is 196 Å². The number of furan rings is 1. The summed E-state index contributed by atoms with van der Waals surface area (Å²) in [5.74, 6) is 0.570. The molecule has 9 aromatic carbocycles. The molecule has 0 spiro atoms. The van der Waals surface area contributed by atoms with E-state index in [1.54, 1.807) is 0 Å². The molecule has 1 aliphatic heterocycles. The highest BCUT2D eigenvalue weighted by Crippen LogP contribution is 2.53. The molecule has 0 bridgehead atoms. The van der Waals surface area contributed by atoms with Gasteiger partial charge in [-0.3, -0.25) is 5.41 Å². The number of rotatable bonds is 4. The van der Waals surface area contributed by atoms with E-state index in [0.29, 0.717) is 11.4 Å². The molecule has 0 amide bonds. The minimum atomic E-state index is 0.132. The van der Waals surface area contributed by atoms with Gasteiger partial charge in [0.1, 0.15) is 11.2 Å². The lowest BCUT2D eigenvalue weighted by molar-refractivity contribution is 0.668. The lowest BCUT2D eigenvalue weighted by Crippen LogP contribution is -2.15. The molecule has 0 saturated carbocycles. The van der Waals surface area contributed by atoms with Gasteiger partial charge in [-0.2, -0.15) is 0 Å². The van der Waals surface area contributed by atoms with E-state index < -0.39 is 0 Å². The van der Waals surface area contributed by atoms with E-state index in [2.05, 4.69) is 126 Å². The zero-order chi connectivity index (χ0) is 37.2. The summed E-state index contributed by atoms with van der Waals surface area (Å²) in [5, 5.41) is 18.0. The maximum Gasteiger partial charge on any atom is 0.162 e. The number of benzene rings is 9. The third kappa shape index (κ3) is 5.06. The van der Waals surface area contributed by atoms with Crippen LogP contribution in [-0.2, 0) is 0 Å². The molecule has 1 aromatic heterocycles. The van der Waals surface area contributed by atoms with Crippen LogP contribution in [0.2, 0.25) is 0 Å². The molecule has 0 radical (unpaired) electrons. The average Bonchev–Trinajstić information content (AvgIpc) is 3.64. The highest BCUT2D eigenvalue weighted by atomic mass is 16.3. The molecular weight excluding hydrogens is 685 g/mol. The van der Waals surface area contributed by atoms with E-state index >= 15 is 0 Å². The lowest BCUT2D eigenvalue weighted by Gasteiger charge is -2.34. The van der Waals surface area contributed by atoms with E-state index in [1.807, 2.05) is 66.9 Å². The minimum absolute atomic E-state index is 0.132. The SMILES string of the molecule is N=C(N=C(N=Cc1cccc2c1oc1ccccc12)c1cccc2c(N3c4cc5ccccc5cc4-c4cccc5cccc3c45)cccc12)c1ccccc1. The number of fused-ring (bicyclic) bond motifs is 7. The third-order valence-corrected chi connectivity index (χ3v) is 10.9. The Labute approximate surface area is 322 Å². The number of nitrogens with zero attached hydrogens (tertiary/aromatic N) is 3. The molecule has 10 aromatic rings. The maximum atomic E-state index is 9.10. The predicted octanol–water partition coefficient (Wildman–Crippen LogP) is 13.4. The van der Waals surface area contributed by atoms with Gasteiger partial charge in [0.25, 0.3) is 0 Å². The van der Waals surface area contributed by atoms with Crippen molar-refractivity contribution in [2.75, 3.05) is 4.90 Å². The molecule has 2 heterocycles. The van der Waals surface area contributed by atoms with Crippen LogP contribution in [0, 0.1) is 5.41 Å². The Morgan fingerprint density at radius 2 is 1.18 bits per heavy atom. The summed E-state index contributed by atoms with van der Waals surface area (Å²) in [5.41, 5.74) is 9.72. The summed E-state index contributed by atoms with van der Waals surface area (Å²) in [7, 11) is 0. The normalized spacial score (nSPS) is 12.7. The monoisotopic (exact) mass is 716 g/mol. The number of anilines is 3. The first kappa shape index (κ1) is 31.9. The number of para-hydroxylation sites is 2. The second-order valence-corrected chi connectivity index (χ2v) is 14.1. The molecule has 0 atom stereocenters. The lowest BCUT2D eigenvalue weighted by atomic mass is 9.88. The van der Waals surface area contributed by atoms with Gasteiger partial charge in [0.2, 0.25) is 0 Å². The zero-order valence-electron chi connectivity index (χ0n) is 30.1. The molecule has 1 aliphatic rings. The topological polar surface area (TPSA) is 65.0 Å². The molecule has 0 unspecified atom stereocenters. The summed E-state index contributed by atoms with van der Waals surface area (Å²) < 4.78 is 6.35. The Balaban J connectivity index is 1.12. The first-order valence-electron chi connectivity index (χ1n) is 18.7. The van der Waals surface area contributed by atoms with Crippen LogP contribution < -0.4 is 4.90 Å². The van der Waals surface area contributed by atoms with Crippen LogP contribution >= 0.6 is 0 Å². The molecule has 0 fully saturated rings. The van der Waals surface area contributed by atoms with Gasteiger partial charge in [-0.05, 0) is 63.5 Å². The number of hydrogen-bond donors (Lipinski definition) is 1. The van der Waals surface area contributed by atoms with Crippen LogP contribution in [0.25, 0.3) is 65.4 Å². The van der Waals surface area contributed by atoms with Crippen LogP contribution in [0.4, 0.5) is 17.1 Å². The summed E-state index contributed by atoms with van der Waals surface area (Å²) >= 11 is 0. The Kier molecular flexibility index (Phi) is 7.25. The standard InChI is InChI=1S/C51H32N4O/c52-50(33-13-2-1-3-14-33)54-51(53-31-36-19-9-24-41-39-20-6-7-28-47(39)56-49(36)41)42-25-11-22-38-37(42)21-12-26-44(38)55-45-27-10-18-32-17-8-23-40(48(32)45)43-29-34-15-4-5-16-35(34)30-46(43)55/h1-31,52H. The van der Waals surface area contributed by atoms with Crippen LogP contribution in [-0.4, -0.2) is 17.9 Å². The quantitative estimate of drug-likeness (QED) is 0.146. The molecule has 0 saturated heterocycles. The molecular formula is C51H32N4O. The van der Waals surface area contributed by atoms with Crippen molar-refractivity contribution >= 4 is 89.2 Å². The van der Waals surface area contributed by atoms with Gasteiger partial charge in [0, 0.05) is 50.0 Å². The third-order valence-electron chi connectivity index (χ3n) is 10.9. The molecule has 1 N–H and O–H groups in total. The van der Waals surface area contributed by atoms with Gasteiger partial charge in [-0.25, -0.2) is 9.98 Å². The van der Waals surface area contributed by atoms with Crippen molar-refractivity contribution in [1.82, 2.24) is 0 Å². The second kappa shape index (κ2) is 12.8. The summed E-state index contributed by atoms with van der Waals surface area (Å²) in [6.07, 6.45) is 1.81. The summed E-state index contributed by atoms with van der Waals surface area (Å²) in [4.78, 5) is 12.4. The van der Waals surface area contributed by atoms with Crippen molar-refractivity contribution in [2.24, 2.45) is 9.98 Å². The average molecular weight is 717 g/mol. The van der Waals surface area contributed by atoms with E-state index in [1.165, 1.54) is 32.7 Å². The van der Waals surface area contributed by atoms with E-state index in [-0.39, 0.29) is 5.84 Å². The van der Waals surface area contributed by atoms with Gasteiger partial charge >= 0.3 is 0 Å². The van der Waals surface area contributed by atoms with E-state index in [4.69, 9.17) is 19.8 Å². The predicted molar refractivity (Wildman–Crippen MR) is 234 cm³/mol. The van der Waals surface area contributed by atoms with Crippen molar-refractivity contribution in [3.63, 3.8) is 0 Å². The van der Waals surface area contributed by atoms with Gasteiger partial charge < -0.3 is 9.32 Å². The van der Waals surface area contributed by atoms with Crippen molar-refractivity contribution in [3.8, 4) is 11.1 Å². The van der Waals surface area contributed by atoms with Crippen molar-refractivity contribution in [3.05, 3.63) is 199 Å². The molecule has 5 nitrogen and oxygen atoms in total. The zero-order valence-corrected chi connectivity index (χ0v) is 30.1. The molecule has 0 aliphatic carbocycles. The van der Waals surface area contributed by atoms with Crippen molar-refractivity contribution < 1.29 is 4.42 Å². The van der Waals surface area contributed by atoms with E-state index in [9.17, 15) is 0 Å². The first-order valence-corrected chi connectivity index (χ1v) is 18.7. The van der Waals surface area contributed by atoms with Crippen molar-refractivity contribution in [2.45, 2.75) is 0 Å². The number of amidine groups is 2. The minimum Gasteiger partial charge on any atom is -0.455 e. The Morgan fingerprint density at radius 3 is 2.07 bits per heavy atom. The highest BCUT2D eigenvalue weighted by molar-refractivity contribution is 6.22. The fraction of sp³-hybridized carbons (Fsp3) is 0. The number of hydrogen-bond acceptors (Lipinski definition) is 3. The molecule has 11 rings (SSSR count). The maximum absolute atomic E-state index is 9.10. The first-order chi connectivity index (χ1) is 27.7. The fourth-order valence-electron chi connectivity index (χ4n) is 8.36.